The first-order valence-corrected chi connectivity index (χ1v) is 12.8. The Balaban J connectivity index is 1.24. The summed E-state index contributed by atoms with van der Waals surface area (Å²) >= 11 is 0. The number of fused-ring (bicyclic) bond motifs is 1. The quantitative estimate of drug-likeness (QED) is 0.432. The van der Waals surface area contributed by atoms with Crippen LogP contribution in [-0.2, 0) is 26.0 Å². The number of anilines is 1. The fourth-order valence-corrected chi connectivity index (χ4v) is 6.10. The van der Waals surface area contributed by atoms with Gasteiger partial charge in [-0.25, -0.2) is 13.2 Å². The summed E-state index contributed by atoms with van der Waals surface area (Å²) in [5.41, 5.74) is 2.10. The molecule has 35 heavy (non-hydrogen) atoms. The number of benzene rings is 2. The molecule has 3 aromatic rings. The van der Waals surface area contributed by atoms with Crippen LogP contribution < -0.4 is 10.6 Å². The van der Waals surface area contributed by atoms with Gasteiger partial charge in [-0.2, -0.15) is 4.31 Å². The highest BCUT2D eigenvalue weighted by molar-refractivity contribution is 7.89. The minimum absolute atomic E-state index is 0.0889. The van der Waals surface area contributed by atoms with Crippen LogP contribution in [0.1, 0.15) is 18.4 Å². The molecule has 0 saturated carbocycles. The first-order valence-electron chi connectivity index (χ1n) is 11.4. The summed E-state index contributed by atoms with van der Waals surface area (Å²) in [6.45, 7) is 0.480. The second-order valence-electron chi connectivity index (χ2n) is 8.68. The Hall–Kier alpha value is -3.70. The maximum atomic E-state index is 12.9. The zero-order chi connectivity index (χ0) is 24.6. The molecule has 1 aromatic heterocycles. The zero-order valence-electron chi connectivity index (χ0n) is 18.9. The van der Waals surface area contributed by atoms with Crippen molar-refractivity contribution in [2.75, 3.05) is 25.0 Å². The number of rotatable bonds is 7. The Morgan fingerprint density at radius 1 is 1.06 bits per heavy atom. The van der Waals surface area contributed by atoms with Crippen LogP contribution in [0.15, 0.2) is 59.6 Å². The van der Waals surface area contributed by atoms with Crippen molar-refractivity contribution in [2.24, 2.45) is 0 Å². The van der Waals surface area contributed by atoms with Crippen molar-refractivity contribution in [3.8, 4) is 0 Å². The lowest BCUT2D eigenvalue weighted by Crippen LogP contribution is -2.38. The van der Waals surface area contributed by atoms with Gasteiger partial charge in [0.25, 0.3) is 5.91 Å². The van der Waals surface area contributed by atoms with E-state index in [0.717, 1.165) is 34.2 Å². The van der Waals surface area contributed by atoms with Crippen LogP contribution in [0.2, 0.25) is 0 Å². The molecule has 2 fully saturated rings. The van der Waals surface area contributed by atoms with Crippen LogP contribution in [0, 0.1) is 0 Å². The molecule has 5 rings (SSSR count). The molecule has 2 saturated heterocycles. The monoisotopic (exact) mass is 495 g/mol. The molecular weight excluding hydrogens is 470 g/mol. The molecule has 0 spiro atoms. The number of urea groups is 1. The number of aromatic nitrogens is 1. The van der Waals surface area contributed by atoms with Gasteiger partial charge in [0.2, 0.25) is 15.9 Å². The number of carbonyl (C=O) groups is 3. The van der Waals surface area contributed by atoms with Crippen molar-refractivity contribution in [1.29, 1.82) is 0 Å². The third-order valence-corrected chi connectivity index (χ3v) is 8.22. The van der Waals surface area contributed by atoms with E-state index in [1.165, 1.54) is 16.4 Å². The molecule has 0 unspecified atom stereocenters. The average Bonchev–Trinajstić information content (AvgIpc) is 3.58. The van der Waals surface area contributed by atoms with Gasteiger partial charge in [0.05, 0.1) is 4.90 Å². The van der Waals surface area contributed by atoms with Crippen molar-refractivity contribution in [2.45, 2.75) is 30.2 Å². The van der Waals surface area contributed by atoms with Crippen LogP contribution in [0.4, 0.5) is 10.5 Å². The van der Waals surface area contributed by atoms with E-state index < -0.39 is 40.5 Å². The standard InChI is InChI=1S/C24H25N5O5S/c30-22(26-17-6-5-7-18(13-17)35(33,34)28-10-3-4-11-28)15-29-23(31)21(27-24(29)32)12-16-14-25-20-9-2-1-8-19(16)20/h1-2,5-9,13-14,21,25H,3-4,10-12,15H2,(H,26,30)(H,27,32)/t21-/m0/s1. The summed E-state index contributed by atoms with van der Waals surface area (Å²) < 4.78 is 27.0. The van der Waals surface area contributed by atoms with Crippen LogP contribution >= 0.6 is 0 Å². The van der Waals surface area contributed by atoms with Crippen LogP contribution in [0.5, 0.6) is 0 Å². The molecule has 2 aliphatic rings. The molecule has 182 valence electrons. The number of nitrogens with one attached hydrogen (secondary N) is 3. The first kappa shape index (κ1) is 23.1. The fourth-order valence-electron chi connectivity index (χ4n) is 4.54. The number of H-pyrrole nitrogens is 1. The van der Waals surface area contributed by atoms with E-state index in [4.69, 9.17) is 0 Å². The van der Waals surface area contributed by atoms with Gasteiger partial charge in [-0.3, -0.25) is 14.5 Å². The van der Waals surface area contributed by atoms with Crippen molar-refractivity contribution < 1.29 is 22.8 Å². The van der Waals surface area contributed by atoms with Crippen molar-refractivity contribution in [1.82, 2.24) is 19.5 Å². The Labute approximate surface area is 202 Å². The normalized spacial score (nSPS) is 18.9. The highest BCUT2D eigenvalue weighted by Crippen LogP contribution is 2.24. The van der Waals surface area contributed by atoms with Crippen molar-refractivity contribution in [3.05, 3.63) is 60.3 Å². The van der Waals surface area contributed by atoms with E-state index in [-0.39, 0.29) is 10.6 Å². The van der Waals surface area contributed by atoms with Gasteiger partial charge in [-0.05, 0) is 42.7 Å². The molecule has 2 aromatic carbocycles. The molecular formula is C24H25N5O5S. The molecule has 11 heteroatoms. The number of aromatic amines is 1. The van der Waals surface area contributed by atoms with Gasteiger partial charge in [0, 0.05) is 42.3 Å². The second-order valence-corrected chi connectivity index (χ2v) is 10.6. The summed E-state index contributed by atoms with van der Waals surface area (Å²) in [7, 11) is -3.63. The van der Waals surface area contributed by atoms with Gasteiger partial charge in [-0.1, -0.05) is 24.3 Å². The first-order chi connectivity index (χ1) is 16.8. The predicted octanol–water partition coefficient (Wildman–Crippen LogP) is 2.05. The van der Waals surface area contributed by atoms with Crippen molar-refractivity contribution in [3.63, 3.8) is 0 Å². The number of imide groups is 1. The zero-order valence-corrected chi connectivity index (χ0v) is 19.7. The number of hydrogen-bond donors (Lipinski definition) is 3. The maximum absolute atomic E-state index is 12.9. The number of para-hydroxylation sites is 1. The summed E-state index contributed by atoms with van der Waals surface area (Å²) in [5, 5.41) is 6.21. The maximum Gasteiger partial charge on any atom is 0.325 e. The van der Waals surface area contributed by atoms with E-state index >= 15 is 0 Å². The molecule has 1 atom stereocenters. The molecule has 4 amide bonds. The van der Waals surface area contributed by atoms with E-state index in [9.17, 15) is 22.8 Å². The Kier molecular flexibility index (Phi) is 6.03. The molecule has 3 N–H and O–H groups in total. The van der Waals surface area contributed by atoms with E-state index in [1.54, 1.807) is 12.1 Å². The average molecular weight is 496 g/mol. The molecule has 10 nitrogen and oxygen atoms in total. The van der Waals surface area contributed by atoms with Gasteiger partial charge in [0.15, 0.2) is 0 Å². The fraction of sp³-hybridized carbons (Fsp3) is 0.292. The highest BCUT2D eigenvalue weighted by Gasteiger charge is 2.39. The molecule has 0 bridgehead atoms. The number of sulfonamides is 1. The third-order valence-electron chi connectivity index (χ3n) is 6.33. The summed E-state index contributed by atoms with van der Waals surface area (Å²) in [5.74, 6) is -1.09. The lowest BCUT2D eigenvalue weighted by Gasteiger charge is -2.16. The molecule has 3 heterocycles. The van der Waals surface area contributed by atoms with Crippen molar-refractivity contribution >= 4 is 44.5 Å². The molecule has 0 radical (unpaired) electrons. The Morgan fingerprint density at radius 3 is 2.63 bits per heavy atom. The largest absolute Gasteiger partial charge is 0.361 e. The minimum Gasteiger partial charge on any atom is -0.361 e. The number of carbonyl (C=O) groups excluding carboxylic acids is 3. The Morgan fingerprint density at radius 2 is 1.83 bits per heavy atom. The van der Waals surface area contributed by atoms with Gasteiger partial charge in [0.1, 0.15) is 12.6 Å². The van der Waals surface area contributed by atoms with Gasteiger partial charge < -0.3 is 15.6 Å². The minimum atomic E-state index is -3.63. The number of nitrogens with zero attached hydrogens (tertiary/aromatic N) is 2. The molecule has 2 aliphatic heterocycles. The lowest BCUT2D eigenvalue weighted by atomic mass is 10.1. The number of amides is 4. The van der Waals surface area contributed by atoms with Crippen LogP contribution in [0.25, 0.3) is 10.9 Å². The third kappa shape index (κ3) is 4.52. The topological polar surface area (TPSA) is 132 Å². The van der Waals surface area contributed by atoms with E-state index in [2.05, 4.69) is 15.6 Å². The van der Waals surface area contributed by atoms with Gasteiger partial charge >= 0.3 is 6.03 Å². The van der Waals surface area contributed by atoms with Crippen LogP contribution in [0.3, 0.4) is 0 Å². The predicted molar refractivity (Wildman–Crippen MR) is 129 cm³/mol. The SMILES string of the molecule is O=C(CN1C(=O)N[C@@H](Cc2c[nH]c3ccccc23)C1=O)Nc1cccc(S(=O)(=O)N2CCCC2)c1. The Bertz CT molecular complexity index is 1410. The summed E-state index contributed by atoms with van der Waals surface area (Å²) in [6, 6.07) is 12.2. The van der Waals surface area contributed by atoms with E-state index in [0.29, 0.717) is 19.5 Å². The smallest absolute Gasteiger partial charge is 0.325 e. The van der Waals surface area contributed by atoms with Crippen LogP contribution in [-0.4, -0.2) is 66.1 Å². The lowest BCUT2D eigenvalue weighted by molar-refractivity contribution is -0.130. The number of hydrogen-bond acceptors (Lipinski definition) is 5. The van der Waals surface area contributed by atoms with Gasteiger partial charge in [-0.15, -0.1) is 0 Å². The highest BCUT2D eigenvalue weighted by atomic mass is 32.2. The van der Waals surface area contributed by atoms with E-state index in [1.807, 2.05) is 30.5 Å². The summed E-state index contributed by atoms with van der Waals surface area (Å²) in [4.78, 5) is 42.0. The molecule has 0 aliphatic carbocycles. The summed E-state index contributed by atoms with van der Waals surface area (Å²) in [6.07, 6.45) is 3.75. The second kappa shape index (κ2) is 9.16.